The van der Waals surface area contributed by atoms with E-state index in [1.807, 2.05) is 60.8 Å². The number of amides is 1. The normalized spacial score (nSPS) is 13.1. The molecule has 2 heterocycles. The summed E-state index contributed by atoms with van der Waals surface area (Å²) in [5.74, 6) is -2.25. The third-order valence-corrected chi connectivity index (χ3v) is 6.88. The summed E-state index contributed by atoms with van der Waals surface area (Å²) in [4.78, 5) is 44.8. The summed E-state index contributed by atoms with van der Waals surface area (Å²) in [6.07, 6.45) is 4.18. The molecule has 1 aromatic heterocycles. The summed E-state index contributed by atoms with van der Waals surface area (Å²) in [5, 5.41) is 31.8. The third kappa shape index (κ3) is 9.45. The number of fused-ring (bicyclic) bond motifs is 1. The number of benzene rings is 3. The van der Waals surface area contributed by atoms with Gasteiger partial charge >= 0.3 is 11.9 Å². The molecule has 0 aliphatic carbocycles. The van der Waals surface area contributed by atoms with Crippen LogP contribution in [0.1, 0.15) is 0 Å². The number of carbonyl (C=O) groups excluding carboxylic acids is 1. The van der Waals surface area contributed by atoms with Crippen LogP contribution in [-0.2, 0) is 14.4 Å². The van der Waals surface area contributed by atoms with E-state index in [2.05, 4.69) is 44.1 Å². The lowest BCUT2D eigenvalue weighted by atomic mass is 10.0. The number of aliphatic hydroxyl groups excluding tert-OH is 1. The number of para-hydroxylation sites is 1. The van der Waals surface area contributed by atoms with Gasteiger partial charge in [0.15, 0.2) is 0 Å². The summed E-state index contributed by atoms with van der Waals surface area (Å²) in [5.41, 5.74) is 5.51. The zero-order valence-corrected chi connectivity index (χ0v) is 24.5. The van der Waals surface area contributed by atoms with Gasteiger partial charge in [0.25, 0.3) is 0 Å². The molecule has 4 aromatic rings. The highest BCUT2D eigenvalue weighted by Gasteiger charge is 2.16. The summed E-state index contributed by atoms with van der Waals surface area (Å²) in [6, 6.07) is 22.0. The Morgan fingerprint density at radius 1 is 0.889 bits per heavy atom. The number of carboxylic acids is 2. The molecule has 5 rings (SSSR count). The molecule has 0 radical (unpaired) electrons. The van der Waals surface area contributed by atoms with Crippen molar-refractivity contribution in [3.05, 3.63) is 97.7 Å². The largest absolute Gasteiger partial charge is 0.478 e. The van der Waals surface area contributed by atoms with Gasteiger partial charge in [0, 0.05) is 79.1 Å². The molecular formula is C33H34N6O6. The molecule has 1 aliphatic rings. The minimum atomic E-state index is -1.26. The first-order valence-electron chi connectivity index (χ1n) is 14.1. The van der Waals surface area contributed by atoms with Crippen LogP contribution in [0.5, 0.6) is 0 Å². The van der Waals surface area contributed by atoms with Crippen molar-refractivity contribution in [2.24, 2.45) is 0 Å². The summed E-state index contributed by atoms with van der Waals surface area (Å²) in [6.45, 7) is 8.26. The second kappa shape index (κ2) is 15.8. The van der Waals surface area contributed by atoms with Gasteiger partial charge in [-0.25, -0.2) is 19.6 Å². The maximum absolute atomic E-state index is 11.7. The summed E-state index contributed by atoms with van der Waals surface area (Å²) in [7, 11) is 0. The number of anilines is 4. The number of carbonyl (C=O) groups is 3. The molecule has 0 saturated carbocycles. The van der Waals surface area contributed by atoms with Crippen molar-refractivity contribution in [2.45, 2.75) is 0 Å². The van der Waals surface area contributed by atoms with E-state index in [4.69, 9.17) is 20.3 Å². The Bertz CT molecular complexity index is 1670. The average molecular weight is 611 g/mol. The van der Waals surface area contributed by atoms with Crippen LogP contribution in [0.2, 0.25) is 0 Å². The number of nitrogens with one attached hydrogen (secondary N) is 2. The van der Waals surface area contributed by atoms with Crippen LogP contribution in [0.4, 0.5) is 23.0 Å². The molecule has 3 aromatic carbocycles. The summed E-state index contributed by atoms with van der Waals surface area (Å²) >= 11 is 0. The lowest BCUT2D eigenvalue weighted by molar-refractivity contribution is -0.134. The molecule has 12 nitrogen and oxygen atoms in total. The number of carboxylic acid groups (broad SMARTS) is 2. The van der Waals surface area contributed by atoms with Gasteiger partial charge in [-0.2, -0.15) is 0 Å². The molecule has 0 bridgehead atoms. The predicted molar refractivity (Wildman–Crippen MR) is 174 cm³/mol. The number of β-amino-alcohol motifs (C(OH)–C–C–N with tert-alkyl or cyclic N) is 1. The van der Waals surface area contributed by atoms with Gasteiger partial charge in [0.1, 0.15) is 0 Å². The van der Waals surface area contributed by atoms with Crippen LogP contribution in [0.25, 0.3) is 22.0 Å². The number of aliphatic carboxylic acids is 2. The Morgan fingerprint density at radius 2 is 1.58 bits per heavy atom. The number of piperazine rings is 1. The molecule has 1 aliphatic heterocycles. The maximum atomic E-state index is 11.7. The van der Waals surface area contributed by atoms with Crippen LogP contribution < -0.4 is 15.5 Å². The van der Waals surface area contributed by atoms with E-state index in [-0.39, 0.29) is 12.5 Å². The van der Waals surface area contributed by atoms with Crippen LogP contribution in [0.3, 0.4) is 0 Å². The standard InChI is InChI=1S/C29H30N6O2.C4H4O4/c1-2-27(37)31-24-7-3-5-21(19-24)26-8-4-6-22-20-30-29(33-28(22)26)32-23-9-11-25(12-10-23)35-15-13-34(14-16-35)17-18-36;5-3(6)1-2-4(7)8/h2-12,19-20,36H,1,13-18H2,(H,31,37)(H,30,32,33);1-2H,(H,5,6)(H,7,8). The van der Waals surface area contributed by atoms with E-state index in [0.29, 0.717) is 23.8 Å². The van der Waals surface area contributed by atoms with Crippen molar-refractivity contribution in [3.63, 3.8) is 0 Å². The van der Waals surface area contributed by atoms with Crippen LogP contribution in [0, 0.1) is 0 Å². The number of rotatable bonds is 10. The monoisotopic (exact) mass is 610 g/mol. The Labute approximate surface area is 260 Å². The van der Waals surface area contributed by atoms with Crippen LogP contribution in [0.15, 0.2) is 97.7 Å². The van der Waals surface area contributed by atoms with Crippen molar-refractivity contribution in [2.75, 3.05) is 54.9 Å². The lowest BCUT2D eigenvalue weighted by Crippen LogP contribution is -2.47. The number of nitrogens with zero attached hydrogens (tertiary/aromatic N) is 4. The van der Waals surface area contributed by atoms with Gasteiger partial charge in [-0.05, 0) is 48.0 Å². The van der Waals surface area contributed by atoms with Gasteiger partial charge in [-0.1, -0.05) is 36.9 Å². The quantitative estimate of drug-likeness (QED) is 0.165. The zero-order chi connectivity index (χ0) is 32.2. The molecular weight excluding hydrogens is 576 g/mol. The molecule has 45 heavy (non-hydrogen) atoms. The van der Waals surface area contributed by atoms with Crippen molar-refractivity contribution in [3.8, 4) is 11.1 Å². The molecule has 12 heteroatoms. The Balaban J connectivity index is 0.000000510. The van der Waals surface area contributed by atoms with Gasteiger partial charge in [0.2, 0.25) is 11.9 Å². The zero-order valence-electron chi connectivity index (χ0n) is 24.5. The molecule has 1 fully saturated rings. The first-order valence-corrected chi connectivity index (χ1v) is 14.1. The Morgan fingerprint density at radius 3 is 2.22 bits per heavy atom. The highest BCUT2D eigenvalue weighted by atomic mass is 16.4. The molecule has 0 unspecified atom stereocenters. The summed E-state index contributed by atoms with van der Waals surface area (Å²) < 4.78 is 0. The number of hydrogen-bond donors (Lipinski definition) is 5. The number of aliphatic hydroxyl groups is 1. The molecule has 232 valence electrons. The third-order valence-electron chi connectivity index (χ3n) is 6.88. The van der Waals surface area contributed by atoms with Gasteiger partial charge in [0.05, 0.1) is 12.1 Å². The van der Waals surface area contributed by atoms with E-state index in [1.165, 1.54) is 11.8 Å². The van der Waals surface area contributed by atoms with Crippen molar-refractivity contribution >= 4 is 51.8 Å². The maximum Gasteiger partial charge on any atom is 0.328 e. The average Bonchev–Trinajstić information content (AvgIpc) is 3.05. The Hall–Kier alpha value is -5.59. The topological polar surface area (TPSA) is 168 Å². The van der Waals surface area contributed by atoms with Crippen molar-refractivity contribution in [1.29, 1.82) is 0 Å². The number of hydrogen-bond acceptors (Lipinski definition) is 9. The van der Waals surface area contributed by atoms with Gasteiger partial charge in [-0.3, -0.25) is 9.69 Å². The molecule has 5 N–H and O–H groups in total. The second-order valence-electron chi connectivity index (χ2n) is 9.95. The first kappa shape index (κ1) is 32.3. The highest BCUT2D eigenvalue weighted by molar-refractivity contribution is 6.00. The predicted octanol–water partition coefficient (Wildman–Crippen LogP) is 3.99. The molecule has 1 amide bonds. The van der Waals surface area contributed by atoms with Crippen LogP contribution in [-0.4, -0.2) is 87.4 Å². The fourth-order valence-corrected chi connectivity index (χ4v) is 4.71. The highest BCUT2D eigenvalue weighted by Crippen LogP contribution is 2.30. The fourth-order valence-electron chi connectivity index (χ4n) is 4.71. The first-order chi connectivity index (χ1) is 21.7. The molecule has 1 saturated heterocycles. The van der Waals surface area contributed by atoms with Crippen LogP contribution >= 0.6 is 0 Å². The van der Waals surface area contributed by atoms with Crippen molar-refractivity contribution in [1.82, 2.24) is 14.9 Å². The smallest absolute Gasteiger partial charge is 0.328 e. The number of aromatic nitrogens is 2. The SMILES string of the molecule is C=CC(=O)Nc1cccc(-c2cccc3cnc(Nc4ccc(N5CCN(CCO)CC5)cc4)nc23)c1.O=C(O)C=CC(=O)O. The molecule has 0 atom stereocenters. The van der Waals surface area contributed by atoms with E-state index < -0.39 is 11.9 Å². The van der Waals surface area contributed by atoms with E-state index in [0.717, 1.165) is 60.4 Å². The minimum absolute atomic E-state index is 0.207. The van der Waals surface area contributed by atoms with Crippen molar-refractivity contribution < 1.29 is 29.7 Å². The van der Waals surface area contributed by atoms with E-state index in [1.54, 1.807) is 0 Å². The molecule has 0 spiro atoms. The minimum Gasteiger partial charge on any atom is -0.478 e. The van der Waals surface area contributed by atoms with Gasteiger partial charge in [-0.15, -0.1) is 0 Å². The second-order valence-corrected chi connectivity index (χ2v) is 9.95. The van der Waals surface area contributed by atoms with Gasteiger partial charge < -0.3 is 30.9 Å². The lowest BCUT2D eigenvalue weighted by Gasteiger charge is -2.35. The Kier molecular flexibility index (Phi) is 11.3. The van der Waals surface area contributed by atoms with E-state index >= 15 is 0 Å². The van der Waals surface area contributed by atoms with E-state index in [9.17, 15) is 14.4 Å². The fraction of sp³-hybridized carbons (Fsp3) is 0.182.